The van der Waals surface area contributed by atoms with Crippen LogP contribution in [0.15, 0.2) is 24.3 Å². The lowest BCUT2D eigenvalue weighted by Crippen LogP contribution is -2.44. The van der Waals surface area contributed by atoms with E-state index in [4.69, 9.17) is 0 Å². The van der Waals surface area contributed by atoms with E-state index in [1.807, 2.05) is 12.1 Å². The minimum absolute atomic E-state index is 0.171. The van der Waals surface area contributed by atoms with Crippen molar-refractivity contribution in [2.75, 3.05) is 17.1 Å². The zero-order valence-corrected chi connectivity index (χ0v) is 15.6. The Kier molecular flexibility index (Phi) is 6.08. The topological polar surface area (TPSA) is 66.5 Å². The Bertz CT molecular complexity index is 610. The van der Waals surface area contributed by atoms with E-state index in [2.05, 4.69) is 27.9 Å². The molecule has 1 fully saturated rings. The maximum absolute atomic E-state index is 12.2. The van der Waals surface area contributed by atoms with Crippen molar-refractivity contribution in [3.63, 3.8) is 0 Å². The molecule has 0 bridgehead atoms. The molecule has 0 aromatic heterocycles. The summed E-state index contributed by atoms with van der Waals surface area (Å²) in [4.78, 5) is 12.2. The van der Waals surface area contributed by atoms with Gasteiger partial charge in [0.2, 0.25) is 15.9 Å². The molecule has 0 atom stereocenters. The molecule has 22 heavy (non-hydrogen) atoms. The molecule has 0 aliphatic heterocycles. The molecule has 1 aliphatic carbocycles. The van der Waals surface area contributed by atoms with Crippen molar-refractivity contribution in [2.45, 2.75) is 38.1 Å². The summed E-state index contributed by atoms with van der Waals surface area (Å²) in [5, 5.41) is 2.96. The van der Waals surface area contributed by atoms with E-state index in [9.17, 15) is 13.2 Å². The van der Waals surface area contributed by atoms with Gasteiger partial charge in [-0.05, 0) is 59.7 Å². The fourth-order valence-electron chi connectivity index (χ4n) is 2.66. The van der Waals surface area contributed by atoms with E-state index in [0.29, 0.717) is 5.69 Å². The van der Waals surface area contributed by atoms with Crippen molar-refractivity contribution < 1.29 is 13.2 Å². The number of benzene rings is 1. The molecule has 2 rings (SSSR count). The molecule has 1 amide bonds. The van der Waals surface area contributed by atoms with Crippen LogP contribution in [0.3, 0.4) is 0 Å². The van der Waals surface area contributed by atoms with Gasteiger partial charge < -0.3 is 5.32 Å². The number of halogens is 1. The molecular formula is C15H21IN2O3S. The second-order valence-corrected chi connectivity index (χ2v) is 8.80. The first-order valence-corrected chi connectivity index (χ1v) is 10.3. The Morgan fingerprint density at radius 2 is 1.82 bits per heavy atom. The number of carbonyl (C=O) groups is 1. The number of hydrogen-bond donors (Lipinski definition) is 1. The van der Waals surface area contributed by atoms with Gasteiger partial charge in [-0.2, -0.15) is 0 Å². The van der Waals surface area contributed by atoms with Gasteiger partial charge in [0.15, 0.2) is 0 Å². The summed E-state index contributed by atoms with van der Waals surface area (Å²) in [5.41, 5.74) is 0.515. The summed E-state index contributed by atoms with van der Waals surface area (Å²) in [6.07, 6.45) is 6.54. The molecule has 0 spiro atoms. The third-order valence-corrected chi connectivity index (χ3v) is 5.63. The monoisotopic (exact) mass is 436 g/mol. The van der Waals surface area contributed by atoms with Crippen LogP contribution in [0, 0.1) is 3.57 Å². The van der Waals surface area contributed by atoms with Gasteiger partial charge >= 0.3 is 0 Å². The second-order valence-electron chi connectivity index (χ2n) is 5.65. The maximum atomic E-state index is 12.2. The highest BCUT2D eigenvalue weighted by atomic mass is 127. The molecule has 0 saturated heterocycles. The van der Waals surface area contributed by atoms with Crippen LogP contribution < -0.4 is 9.62 Å². The summed E-state index contributed by atoms with van der Waals surface area (Å²) >= 11 is 2.16. The lowest BCUT2D eigenvalue weighted by molar-refractivity contribution is -0.120. The number of hydrogen-bond acceptors (Lipinski definition) is 3. The standard InChI is InChI=1S/C15H21IN2O3S/c1-22(20,21)18(14-9-7-12(16)8-10-14)11-15(19)17-13-5-3-2-4-6-13/h7-10,13H,2-6,11H2,1H3,(H,17,19). The number of nitrogens with one attached hydrogen (secondary N) is 1. The Morgan fingerprint density at radius 1 is 1.23 bits per heavy atom. The molecule has 1 aliphatic rings. The van der Waals surface area contributed by atoms with E-state index >= 15 is 0 Å². The zero-order chi connectivity index (χ0) is 16.2. The van der Waals surface area contributed by atoms with Gasteiger partial charge in [0.1, 0.15) is 6.54 Å². The largest absolute Gasteiger partial charge is 0.352 e. The van der Waals surface area contributed by atoms with Crippen LogP contribution in [0.2, 0.25) is 0 Å². The van der Waals surface area contributed by atoms with E-state index < -0.39 is 10.0 Å². The zero-order valence-electron chi connectivity index (χ0n) is 12.6. The Morgan fingerprint density at radius 3 is 2.36 bits per heavy atom. The second kappa shape index (κ2) is 7.63. The molecule has 1 saturated carbocycles. The molecule has 0 heterocycles. The first-order chi connectivity index (χ1) is 10.4. The lowest BCUT2D eigenvalue weighted by Gasteiger charge is -2.26. The van der Waals surface area contributed by atoms with E-state index in [1.165, 1.54) is 6.42 Å². The summed E-state index contributed by atoms with van der Waals surface area (Å²) in [7, 11) is -3.50. The van der Waals surface area contributed by atoms with Gasteiger partial charge in [-0.25, -0.2) is 8.42 Å². The van der Waals surface area contributed by atoms with Crippen LogP contribution in [0.25, 0.3) is 0 Å². The Labute approximate surface area is 145 Å². The molecule has 5 nitrogen and oxygen atoms in total. The molecule has 0 unspecified atom stereocenters. The maximum Gasteiger partial charge on any atom is 0.240 e. The van der Waals surface area contributed by atoms with Crippen molar-refractivity contribution in [3.05, 3.63) is 27.8 Å². The van der Waals surface area contributed by atoms with E-state index in [-0.39, 0.29) is 18.5 Å². The number of rotatable bonds is 5. The van der Waals surface area contributed by atoms with Crippen LogP contribution in [-0.4, -0.2) is 33.2 Å². The highest BCUT2D eigenvalue weighted by molar-refractivity contribution is 14.1. The molecule has 7 heteroatoms. The van der Waals surface area contributed by atoms with Crippen molar-refractivity contribution in [1.29, 1.82) is 0 Å². The third kappa shape index (κ3) is 5.12. The fourth-order valence-corrected chi connectivity index (χ4v) is 3.87. The lowest BCUT2D eigenvalue weighted by atomic mass is 9.95. The van der Waals surface area contributed by atoms with Crippen molar-refractivity contribution in [2.24, 2.45) is 0 Å². The van der Waals surface area contributed by atoms with E-state index in [1.54, 1.807) is 12.1 Å². The minimum Gasteiger partial charge on any atom is -0.352 e. The van der Waals surface area contributed by atoms with Gasteiger partial charge in [-0.3, -0.25) is 9.10 Å². The number of amides is 1. The van der Waals surface area contributed by atoms with Crippen molar-refractivity contribution in [3.8, 4) is 0 Å². The summed E-state index contributed by atoms with van der Waals surface area (Å²) in [6.45, 7) is -0.171. The summed E-state index contributed by atoms with van der Waals surface area (Å²) in [5.74, 6) is -0.240. The van der Waals surface area contributed by atoms with Crippen molar-refractivity contribution >= 4 is 44.2 Å². The molecule has 1 aromatic carbocycles. The predicted molar refractivity (Wildman–Crippen MR) is 96.4 cm³/mol. The van der Waals surface area contributed by atoms with Gasteiger partial charge in [0, 0.05) is 9.61 Å². The number of carbonyl (C=O) groups excluding carboxylic acids is 1. The highest BCUT2D eigenvalue weighted by Crippen LogP contribution is 2.20. The molecular weight excluding hydrogens is 415 g/mol. The first kappa shape index (κ1) is 17.5. The number of sulfonamides is 1. The Hall–Kier alpha value is -0.830. The molecule has 1 aromatic rings. The smallest absolute Gasteiger partial charge is 0.240 e. The minimum atomic E-state index is -3.50. The molecule has 1 N–H and O–H groups in total. The van der Waals surface area contributed by atoms with Crippen LogP contribution >= 0.6 is 22.6 Å². The first-order valence-electron chi connectivity index (χ1n) is 7.39. The van der Waals surface area contributed by atoms with Gasteiger partial charge in [0.05, 0.1) is 11.9 Å². The quantitative estimate of drug-likeness (QED) is 0.722. The van der Waals surface area contributed by atoms with Gasteiger partial charge in [-0.15, -0.1) is 0 Å². The Balaban J connectivity index is 2.06. The summed E-state index contributed by atoms with van der Waals surface area (Å²) < 4.78 is 26.1. The van der Waals surface area contributed by atoms with Crippen LogP contribution in [0.5, 0.6) is 0 Å². The van der Waals surface area contributed by atoms with Gasteiger partial charge in [-0.1, -0.05) is 19.3 Å². The van der Waals surface area contributed by atoms with Crippen LogP contribution in [-0.2, 0) is 14.8 Å². The average Bonchev–Trinajstić information content (AvgIpc) is 2.46. The van der Waals surface area contributed by atoms with E-state index in [0.717, 1.165) is 39.8 Å². The third-order valence-electron chi connectivity index (χ3n) is 3.77. The molecule has 122 valence electrons. The highest BCUT2D eigenvalue weighted by Gasteiger charge is 2.23. The van der Waals surface area contributed by atoms with Crippen molar-refractivity contribution in [1.82, 2.24) is 5.32 Å². The van der Waals surface area contributed by atoms with Crippen LogP contribution in [0.4, 0.5) is 5.69 Å². The average molecular weight is 436 g/mol. The fraction of sp³-hybridized carbons (Fsp3) is 0.533. The summed E-state index contributed by atoms with van der Waals surface area (Å²) in [6, 6.07) is 7.27. The normalized spacial score (nSPS) is 16.3. The number of anilines is 1. The SMILES string of the molecule is CS(=O)(=O)N(CC(=O)NC1CCCCC1)c1ccc(I)cc1. The van der Waals surface area contributed by atoms with Crippen LogP contribution in [0.1, 0.15) is 32.1 Å². The number of nitrogens with zero attached hydrogens (tertiary/aromatic N) is 1. The molecule has 0 radical (unpaired) electrons. The van der Waals surface area contributed by atoms with Gasteiger partial charge in [0.25, 0.3) is 0 Å². The predicted octanol–water partition coefficient (Wildman–Crippen LogP) is 2.51.